The fourth-order valence-corrected chi connectivity index (χ4v) is 3.34. The number of hydrogen-bond acceptors (Lipinski definition) is 6. The molecule has 0 unspecified atom stereocenters. The Balaban J connectivity index is 1.68. The molecule has 0 bridgehead atoms. The Morgan fingerprint density at radius 1 is 1.32 bits per heavy atom. The molecule has 2 aromatic rings. The van der Waals surface area contributed by atoms with Crippen molar-refractivity contribution < 1.29 is 4.79 Å². The molecule has 1 aromatic carbocycles. The fourth-order valence-electron chi connectivity index (χ4n) is 1.87. The average molecular weight is 336 g/mol. The largest absolute Gasteiger partial charge is 0.374 e. The van der Waals surface area contributed by atoms with Gasteiger partial charge in [-0.3, -0.25) is 4.79 Å². The summed E-state index contributed by atoms with van der Waals surface area (Å²) in [6.07, 6.45) is 0.834. The Labute approximate surface area is 138 Å². The zero-order chi connectivity index (χ0) is 15.9. The number of aromatic nitrogens is 2. The van der Waals surface area contributed by atoms with Crippen LogP contribution >= 0.6 is 23.1 Å². The van der Waals surface area contributed by atoms with Crippen molar-refractivity contribution in [3.8, 4) is 0 Å². The number of amides is 1. The molecule has 0 spiro atoms. The summed E-state index contributed by atoms with van der Waals surface area (Å²) in [7, 11) is 0. The van der Waals surface area contributed by atoms with Crippen LogP contribution in [0.5, 0.6) is 0 Å². The molecule has 3 N–H and O–H groups in total. The summed E-state index contributed by atoms with van der Waals surface area (Å²) in [5.74, 6) is 0.874. The number of hydrogen-bond donors (Lipinski definition) is 2. The van der Waals surface area contributed by atoms with Gasteiger partial charge in [-0.2, -0.15) is 0 Å². The summed E-state index contributed by atoms with van der Waals surface area (Å²) in [5.41, 5.74) is 8.05. The van der Waals surface area contributed by atoms with Gasteiger partial charge in [0.15, 0.2) is 4.34 Å². The predicted molar refractivity (Wildman–Crippen MR) is 92.3 cm³/mol. The minimum Gasteiger partial charge on any atom is -0.374 e. The second-order valence-electron chi connectivity index (χ2n) is 5.19. The van der Waals surface area contributed by atoms with Crippen LogP contribution in [0.2, 0.25) is 0 Å². The predicted octanol–water partition coefficient (Wildman–Crippen LogP) is 2.69. The van der Waals surface area contributed by atoms with E-state index in [0.29, 0.717) is 23.3 Å². The van der Waals surface area contributed by atoms with Crippen molar-refractivity contribution in [2.24, 2.45) is 0 Å². The van der Waals surface area contributed by atoms with Crippen molar-refractivity contribution in [2.75, 3.05) is 18.0 Å². The van der Waals surface area contributed by atoms with Crippen molar-refractivity contribution in [3.05, 3.63) is 35.4 Å². The third-order valence-electron chi connectivity index (χ3n) is 3.13. The summed E-state index contributed by atoms with van der Waals surface area (Å²) in [5, 5.41) is 10.9. The molecule has 5 nitrogen and oxygen atoms in total. The third kappa shape index (κ3) is 5.31. The van der Waals surface area contributed by atoms with E-state index in [0.717, 1.165) is 10.8 Å². The molecule has 2 rings (SSSR count). The maximum atomic E-state index is 11.8. The van der Waals surface area contributed by atoms with Gasteiger partial charge in [-0.25, -0.2) is 0 Å². The summed E-state index contributed by atoms with van der Waals surface area (Å²) >= 11 is 2.65. The molecule has 0 aliphatic heterocycles. The van der Waals surface area contributed by atoms with Crippen LogP contribution in [0.15, 0.2) is 28.6 Å². The van der Waals surface area contributed by atoms with E-state index in [9.17, 15) is 4.79 Å². The molecule has 0 aliphatic carbocycles. The molecule has 7 heteroatoms. The highest BCUT2D eigenvalue weighted by atomic mass is 32.2. The van der Waals surface area contributed by atoms with Gasteiger partial charge >= 0.3 is 0 Å². The number of nitrogens with one attached hydrogen (secondary N) is 1. The minimum absolute atomic E-state index is 0.00225. The van der Waals surface area contributed by atoms with Crippen molar-refractivity contribution in [1.82, 2.24) is 15.5 Å². The van der Waals surface area contributed by atoms with Gasteiger partial charge in [0, 0.05) is 6.54 Å². The highest BCUT2D eigenvalue weighted by Gasteiger charge is 2.06. The Hall–Kier alpha value is -1.60. The van der Waals surface area contributed by atoms with Crippen LogP contribution in [0.25, 0.3) is 0 Å². The molecule has 1 heterocycles. The minimum atomic E-state index is -0.00225. The van der Waals surface area contributed by atoms with E-state index in [4.69, 9.17) is 5.73 Å². The molecule has 0 radical (unpaired) electrons. The number of anilines is 1. The lowest BCUT2D eigenvalue weighted by Crippen LogP contribution is -2.27. The molecular weight excluding hydrogens is 316 g/mol. The van der Waals surface area contributed by atoms with Crippen LogP contribution < -0.4 is 11.1 Å². The Morgan fingerprint density at radius 2 is 2.05 bits per heavy atom. The molecule has 1 amide bonds. The Morgan fingerprint density at radius 3 is 2.64 bits per heavy atom. The molecule has 0 atom stereocenters. The number of nitrogens with two attached hydrogens (primary N) is 1. The molecule has 0 saturated heterocycles. The lowest BCUT2D eigenvalue weighted by Gasteiger charge is -2.07. The van der Waals surface area contributed by atoms with Crippen LogP contribution in [0.4, 0.5) is 5.13 Å². The van der Waals surface area contributed by atoms with E-state index in [-0.39, 0.29) is 5.91 Å². The molecule has 0 fully saturated rings. The van der Waals surface area contributed by atoms with Crippen LogP contribution in [-0.2, 0) is 11.2 Å². The lowest BCUT2D eigenvalue weighted by atomic mass is 10.0. The smallest absolute Gasteiger partial charge is 0.230 e. The molecule has 0 aliphatic rings. The first-order valence-electron chi connectivity index (χ1n) is 7.12. The van der Waals surface area contributed by atoms with Crippen molar-refractivity contribution >= 4 is 34.1 Å². The van der Waals surface area contributed by atoms with Gasteiger partial charge in [0.05, 0.1) is 5.75 Å². The maximum absolute atomic E-state index is 11.8. The van der Waals surface area contributed by atoms with Gasteiger partial charge in [0.1, 0.15) is 0 Å². The lowest BCUT2D eigenvalue weighted by molar-refractivity contribution is -0.118. The Kier molecular flexibility index (Phi) is 6.21. The van der Waals surface area contributed by atoms with Gasteiger partial charge in [-0.15, -0.1) is 10.2 Å². The molecular formula is C15H20N4OS2. The van der Waals surface area contributed by atoms with Gasteiger partial charge in [-0.1, -0.05) is 61.2 Å². The fraction of sp³-hybridized carbons (Fsp3) is 0.400. The van der Waals surface area contributed by atoms with Crippen LogP contribution in [0, 0.1) is 0 Å². The van der Waals surface area contributed by atoms with Gasteiger partial charge in [0.25, 0.3) is 0 Å². The van der Waals surface area contributed by atoms with Crippen LogP contribution in [-0.4, -0.2) is 28.4 Å². The normalized spacial score (nSPS) is 10.9. The first-order valence-corrected chi connectivity index (χ1v) is 8.92. The summed E-state index contributed by atoms with van der Waals surface area (Å²) in [6.45, 7) is 5.00. The zero-order valence-corrected chi connectivity index (χ0v) is 14.3. The summed E-state index contributed by atoms with van der Waals surface area (Å²) in [4.78, 5) is 11.8. The van der Waals surface area contributed by atoms with E-state index in [2.05, 4.69) is 53.6 Å². The number of carbonyl (C=O) groups is 1. The average Bonchev–Trinajstić information content (AvgIpc) is 2.91. The first kappa shape index (κ1) is 16.8. The number of rotatable bonds is 7. The van der Waals surface area contributed by atoms with Gasteiger partial charge < -0.3 is 11.1 Å². The first-order chi connectivity index (χ1) is 10.5. The van der Waals surface area contributed by atoms with Gasteiger partial charge in [-0.05, 0) is 23.5 Å². The van der Waals surface area contributed by atoms with E-state index in [1.54, 1.807) is 0 Å². The second kappa shape index (κ2) is 8.14. The summed E-state index contributed by atoms with van der Waals surface area (Å²) < 4.78 is 0.719. The molecule has 118 valence electrons. The van der Waals surface area contributed by atoms with Crippen LogP contribution in [0.3, 0.4) is 0 Å². The monoisotopic (exact) mass is 336 g/mol. The van der Waals surface area contributed by atoms with E-state index in [1.807, 2.05) is 0 Å². The second-order valence-corrected chi connectivity index (χ2v) is 7.42. The zero-order valence-electron chi connectivity index (χ0n) is 12.7. The van der Waals surface area contributed by atoms with Gasteiger partial charge in [0.2, 0.25) is 11.0 Å². The Bertz CT molecular complexity index is 610. The molecule has 1 aromatic heterocycles. The SMILES string of the molecule is CC(C)c1ccc(CCNC(=O)CSc2nnc(N)s2)cc1. The van der Waals surface area contributed by atoms with Crippen molar-refractivity contribution in [1.29, 1.82) is 0 Å². The quantitative estimate of drug-likeness (QED) is 0.760. The number of nitrogen functional groups attached to an aromatic ring is 1. The number of nitrogens with zero attached hydrogens (tertiary/aromatic N) is 2. The highest BCUT2D eigenvalue weighted by molar-refractivity contribution is 8.01. The van der Waals surface area contributed by atoms with E-state index in [1.165, 1.54) is 34.2 Å². The number of carbonyl (C=O) groups excluding carboxylic acids is 1. The number of benzene rings is 1. The molecule has 22 heavy (non-hydrogen) atoms. The number of thioether (sulfide) groups is 1. The topological polar surface area (TPSA) is 80.9 Å². The maximum Gasteiger partial charge on any atom is 0.230 e. The third-order valence-corrected chi connectivity index (χ3v) is 5.02. The summed E-state index contributed by atoms with van der Waals surface area (Å²) in [6, 6.07) is 8.55. The van der Waals surface area contributed by atoms with Crippen molar-refractivity contribution in [3.63, 3.8) is 0 Å². The standard InChI is InChI=1S/C15H20N4OS2/c1-10(2)12-5-3-11(4-6-12)7-8-17-13(20)9-21-15-19-18-14(16)22-15/h3-6,10H,7-9H2,1-2H3,(H2,16,18)(H,17,20). The van der Waals surface area contributed by atoms with E-state index < -0.39 is 0 Å². The van der Waals surface area contributed by atoms with Crippen molar-refractivity contribution in [2.45, 2.75) is 30.5 Å². The van der Waals surface area contributed by atoms with E-state index >= 15 is 0 Å². The van der Waals surface area contributed by atoms with Crippen LogP contribution in [0.1, 0.15) is 30.9 Å². The highest BCUT2D eigenvalue weighted by Crippen LogP contribution is 2.22. The molecule has 0 saturated carbocycles.